The molecule has 2 aromatic heterocycles. The number of carbonyl (C=O) groups is 1. The van der Waals surface area contributed by atoms with Crippen molar-refractivity contribution in [2.45, 2.75) is 31.2 Å². The van der Waals surface area contributed by atoms with Gasteiger partial charge in [-0.1, -0.05) is 0 Å². The molecule has 6 nitrogen and oxygen atoms in total. The third-order valence-electron chi connectivity index (χ3n) is 3.66. The van der Waals surface area contributed by atoms with Gasteiger partial charge >= 0.3 is 0 Å². The van der Waals surface area contributed by atoms with Gasteiger partial charge in [0.15, 0.2) is 0 Å². The summed E-state index contributed by atoms with van der Waals surface area (Å²) in [6.45, 7) is 0. The molecule has 0 unspecified atom stereocenters. The van der Waals surface area contributed by atoms with Crippen LogP contribution < -0.4 is 11.1 Å². The van der Waals surface area contributed by atoms with Gasteiger partial charge < -0.3 is 11.1 Å². The minimum Gasteiger partial charge on any atom is -0.325 e. The Morgan fingerprint density at radius 2 is 2.30 bits per heavy atom. The van der Waals surface area contributed by atoms with Gasteiger partial charge in [0.2, 0.25) is 5.91 Å². The van der Waals surface area contributed by atoms with Gasteiger partial charge in [-0.2, -0.15) is 0 Å². The Labute approximate surface area is 117 Å². The van der Waals surface area contributed by atoms with E-state index in [9.17, 15) is 4.79 Å². The van der Waals surface area contributed by atoms with Crippen molar-refractivity contribution in [3.05, 3.63) is 37.1 Å². The standard InChI is InChI=1S/C14H17N5O/c15-14(4-1-5-14)8-13(20)18-11-2-3-12(17-9-11)19-7-6-16-10-19/h2-3,6-7,9-10H,1,4-5,8,15H2,(H,18,20). The predicted molar refractivity (Wildman–Crippen MR) is 75.4 cm³/mol. The summed E-state index contributed by atoms with van der Waals surface area (Å²) < 4.78 is 1.80. The van der Waals surface area contributed by atoms with E-state index in [-0.39, 0.29) is 11.4 Å². The SMILES string of the molecule is NC1(CC(=O)Nc2ccc(-n3ccnc3)nc2)CCC1. The second-order valence-corrected chi connectivity index (χ2v) is 5.32. The van der Waals surface area contributed by atoms with Gasteiger partial charge in [0.25, 0.3) is 0 Å². The number of nitrogens with one attached hydrogen (secondary N) is 1. The van der Waals surface area contributed by atoms with Crippen LogP contribution in [-0.4, -0.2) is 26.0 Å². The van der Waals surface area contributed by atoms with Crippen LogP contribution in [0.15, 0.2) is 37.1 Å². The molecule has 1 fully saturated rings. The van der Waals surface area contributed by atoms with Crippen molar-refractivity contribution in [1.29, 1.82) is 0 Å². The average molecular weight is 271 g/mol. The zero-order chi connectivity index (χ0) is 14.0. The summed E-state index contributed by atoms with van der Waals surface area (Å²) in [7, 11) is 0. The number of hydrogen-bond acceptors (Lipinski definition) is 4. The first-order chi connectivity index (χ1) is 9.65. The van der Waals surface area contributed by atoms with E-state index in [1.807, 2.05) is 18.3 Å². The van der Waals surface area contributed by atoms with Crippen molar-refractivity contribution in [2.24, 2.45) is 5.73 Å². The second-order valence-electron chi connectivity index (χ2n) is 5.32. The lowest BCUT2D eigenvalue weighted by Gasteiger charge is -2.37. The van der Waals surface area contributed by atoms with Gasteiger partial charge in [-0.25, -0.2) is 9.97 Å². The molecule has 0 spiro atoms. The first-order valence-corrected chi connectivity index (χ1v) is 6.68. The Hall–Kier alpha value is -2.21. The fourth-order valence-electron chi connectivity index (χ4n) is 2.34. The molecule has 0 aromatic carbocycles. The van der Waals surface area contributed by atoms with Crippen LogP contribution in [0.3, 0.4) is 0 Å². The minimum absolute atomic E-state index is 0.0515. The lowest BCUT2D eigenvalue weighted by atomic mass is 9.75. The Morgan fingerprint density at radius 1 is 1.45 bits per heavy atom. The summed E-state index contributed by atoms with van der Waals surface area (Å²) in [5, 5.41) is 2.83. The molecule has 1 saturated carbocycles. The van der Waals surface area contributed by atoms with Crippen LogP contribution in [0, 0.1) is 0 Å². The Bertz CT molecular complexity index is 587. The van der Waals surface area contributed by atoms with Crippen LogP contribution in [0.1, 0.15) is 25.7 Å². The van der Waals surface area contributed by atoms with Crippen LogP contribution in [0.4, 0.5) is 5.69 Å². The minimum atomic E-state index is -0.297. The summed E-state index contributed by atoms with van der Waals surface area (Å²) in [4.78, 5) is 20.1. The largest absolute Gasteiger partial charge is 0.325 e. The molecule has 0 bridgehead atoms. The van der Waals surface area contributed by atoms with E-state index >= 15 is 0 Å². The molecule has 0 atom stereocenters. The second kappa shape index (κ2) is 5.05. The highest BCUT2D eigenvalue weighted by Crippen LogP contribution is 2.32. The van der Waals surface area contributed by atoms with Crippen molar-refractivity contribution >= 4 is 11.6 Å². The topological polar surface area (TPSA) is 85.8 Å². The third kappa shape index (κ3) is 2.70. The monoisotopic (exact) mass is 271 g/mol. The molecule has 0 aliphatic heterocycles. The molecule has 1 amide bonds. The van der Waals surface area contributed by atoms with Crippen molar-refractivity contribution in [3.63, 3.8) is 0 Å². The number of hydrogen-bond donors (Lipinski definition) is 2. The lowest BCUT2D eigenvalue weighted by molar-refractivity contribution is -0.118. The highest BCUT2D eigenvalue weighted by molar-refractivity contribution is 5.91. The number of aromatic nitrogens is 3. The molecule has 104 valence electrons. The number of rotatable bonds is 4. The fourth-order valence-corrected chi connectivity index (χ4v) is 2.34. The smallest absolute Gasteiger partial charge is 0.226 e. The number of carbonyl (C=O) groups excluding carboxylic acids is 1. The van der Waals surface area contributed by atoms with Crippen molar-refractivity contribution < 1.29 is 4.79 Å². The number of imidazole rings is 1. The molecular weight excluding hydrogens is 254 g/mol. The molecule has 20 heavy (non-hydrogen) atoms. The molecule has 2 heterocycles. The molecule has 0 saturated heterocycles. The van der Waals surface area contributed by atoms with Gasteiger partial charge in [-0.15, -0.1) is 0 Å². The molecule has 6 heteroatoms. The van der Waals surface area contributed by atoms with Gasteiger partial charge in [-0.05, 0) is 31.4 Å². The summed E-state index contributed by atoms with van der Waals surface area (Å²) in [5.74, 6) is 0.708. The van der Waals surface area contributed by atoms with E-state index in [0.29, 0.717) is 12.1 Å². The van der Waals surface area contributed by atoms with Crippen molar-refractivity contribution in [3.8, 4) is 5.82 Å². The lowest BCUT2D eigenvalue weighted by Crippen LogP contribution is -2.48. The molecule has 0 radical (unpaired) electrons. The van der Waals surface area contributed by atoms with Crippen LogP contribution >= 0.6 is 0 Å². The Morgan fingerprint density at radius 3 is 2.85 bits per heavy atom. The first-order valence-electron chi connectivity index (χ1n) is 6.68. The van der Waals surface area contributed by atoms with E-state index < -0.39 is 0 Å². The van der Waals surface area contributed by atoms with Crippen molar-refractivity contribution in [2.75, 3.05) is 5.32 Å². The average Bonchev–Trinajstić information content (AvgIpc) is 2.91. The molecular formula is C14H17N5O. The van der Waals surface area contributed by atoms with Crippen LogP contribution in [0.5, 0.6) is 0 Å². The highest BCUT2D eigenvalue weighted by atomic mass is 16.1. The predicted octanol–water partition coefficient (Wildman–Crippen LogP) is 1.48. The number of amides is 1. The van der Waals surface area contributed by atoms with E-state index in [4.69, 9.17) is 5.73 Å². The van der Waals surface area contributed by atoms with Gasteiger partial charge in [0.1, 0.15) is 12.1 Å². The van der Waals surface area contributed by atoms with Gasteiger partial charge in [-0.3, -0.25) is 9.36 Å². The molecule has 3 rings (SSSR count). The number of nitrogens with zero attached hydrogens (tertiary/aromatic N) is 3. The zero-order valence-corrected chi connectivity index (χ0v) is 11.1. The van der Waals surface area contributed by atoms with E-state index in [2.05, 4.69) is 15.3 Å². The maximum atomic E-state index is 11.9. The summed E-state index contributed by atoms with van der Waals surface area (Å²) >= 11 is 0. The molecule has 3 N–H and O–H groups in total. The van der Waals surface area contributed by atoms with Crippen LogP contribution in [0.2, 0.25) is 0 Å². The molecule has 1 aliphatic rings. The van der Waals surface area contributed by atoms with E-state index in [1.54, 1.807) is 23.3 Å². The van der Waals surface area contributed by atoms with E-state index in [0.717, 1.165) is 25.1 Å². The van der Waals surface area contributed by atoms with Crippen LogP contribution in [-0.2, 0) is 4.79 Å². The third-order valence-corrected chi connectivity index (χ3v) is 3.66. The van der Waals surface area contributed by atoms with Crippen LogP contribution in [0.25, 0.3) is 5.82 Å². The van der Waals surface area contributed by atoms with Crippen molar-refractivity contribution in [1.82, 2.24) is 14.5 Å². The number of nitrogens with two attached hydrogens (primary N) is 1. The number of anilines is 1. The normalized spacial score (nSPS) is 16.4. The maximum absolute atomic E-state index is 11.9. The van der Waals surface area contributed by atoms with Gasteiger partial charge in [0, 0.05) is 24.4 Å². The Kier molecular flexibility index (Phi) is 3.23. The first kappa shape index (κ1) is 12.8. The summed E-state index contributed by atoms with van der Waals surface area (Å²) in [5.41, 5.74) is 6.44. The zero-order valence-electron chi connectivity index (χ0n) is 11.1. The summed E-state index contributed by atoms with van der Waals surface area (Å²) in [6, 6.07) is 3.66. The maximum Gasteiger partial charge on any atom is 0.226 e. The highest BCUT2D eigenvalue weighted by Gasteiger charge is 2.34. The van der Waals surface area contributed by atoms with Gasteiger partial charge in [0.05, 0.1) is 11.9 Å². The molecule has 2 aromatic rings. The fraction of sp³-hybridized carbons (Fsp3) is 0.357. The number of pyridine rings is 1. The quantitative estimate of drug-likeness (QED) is 0.882. The Balaban J connectivity index is 1.62. The molecule has 1 aliphatic carbocycles. The summed E-state index contributed by atoms with van der Waals surface area (Å²) in [6.07, 6.45) is 10.2. The van der Waals surface area contributed by atoms with E-state index in [1.165, 1.54) is 0 Å².